The zero-order chi connectivity index (χ0) is 20.1. The Morgan fingerprint density at radius 3 is 2.30 bits per heavy atom. The fraction of sp³-hybridized carbons (Fsp3) is 0.545. The zero-order valence-electron chi connectivity index (χ0n) is 17.9. The molecule has 148 valence electrons. The summed E-state index contributed by atoms with van der Waals surface area (Å²) in [4.78, 5) is 16.5. The van der Waals surface area contributed by atoms with E-state index in [2.05, 4.69) is 59.7 Å². The van der Waals surface area contributed by atoms with Crippen molar-refractivity contribution < 1.29 is 4.79 Å². The van der Waals surface area contributed by atoms with Crippen molar-refractivity contribution in [1.29, 1.82) is 0 Å². The summed E-state index contributed by atoms with van der Waals surface area (Å²) in [5.74, 6) is 0.726. The van der Waals surface area contributed by atoms with E-state index in [1.54, 1.807) is 0 Å². The minimum atomic E-state index is 0.169. The Labute approximate surface area is 164 Å². The van der Waals surface area contributed by atoms with Gasteiger partial charge < -0.3 is 9.80 Å². The van der Waals surface area contributed by atoms with E-state index in [9.17, 15) is 4.79 Å². The third-order valence-electron chi connectivity index (χ3n) is 4.96. The molecule has 5 nitrogen and oxygen atoms in total. The van der Waals surface area contributed by atoms with E-state index in [-0.39, 0.29) is 5.91 Å². The molecule has 2 aromatic rings. The largest absolute Gasteiger partial charge is 0.378 e. The van der Waals surface area contributed by atoms with Gasteiger partial charge in [0, 0.05) is 52.0 Å². The van der Waals surface area contributed by atoms with Crippen molar-refractivity contribution in [1.82, 2.24) is 14.7 Å². The molecule has 1 amide bonds. The number of anilines is 1. The molecule has 2 rings (SSSR count). The molecule has 0 saturated heterocycles. The third-order valence-corrected chi connectivity index (χ3v) is 4.96. The summed E-state index contributed by atoms with van der Waals surface area (Å²) in [5.41, 5.74) is 5.76. The maximum absolute atomic E-state index is 12.6. The SMILES string of the molecule is Cc1nn(CC(C)C)c(C)c1CCC(=O)N(C)Cc1ccc(N(C)C)cc1. The molecular formula is C22H34N4O. The number of hydrogen-bond acceptors (Lipinski definition) is 3. The van der Waals surface area contributed by atoms with Crippen LogP contribution < -0.4 is 4.90 Å². The number of amides is 1. The highest BCUT2D eigenvalue weighted by molar-refractivity contribution is 5.76. The molecule has 0 spiro atoms. The number of carbonyl (C=O) groups excluding carboxylic acids is 1. The Morgan fingerprint density at radius 2 is 1.74 bits per heavy atom. The summed E-state index contributed by atoms with van der Waals surface area (Å²) in [6, 6.07) is 8.35. The van der Waals surface area contributed by atoms with Gasteiger partial charge in [0.2, 0.25) is 5.91 Å². The number of rotatable bonds is 8. The minimum Gasteiger partial charge on any atom is -0.378 e. The summed E-state index contributed by atoms with van der Waals surface area (Å²) >= 11 is 0. The molecule has 0 bridgehead atoms. The standard InChI is InChI=1S/C22H34N4O/c1-16(2)14-26-18(4)21(17(3)23-26)12-13-22(27)25(7)15-19-8-10-20(11-9-19)24(5)6/h8-11,16H,12-15H2,1-7H3. The van der Waals surface area contributed by atoms with Gasteiger partial charge in [-0.2, -0.15) is 5.10 Å². The predicted molar refractivity (Wildman–Crippen MR) is 112 cm³/mol. The van der Waals surface area contributed by atoms with E-state index in [1.165, 1.54) is 11.3 Å². The van der Waals surface area contributed by atoms with Gasteiger partial charge in [0.15, 0.2) is 0 Å². The van der Waals surface area contributed by atoms with E-state index in [0.717, 1.165) is 29.9 Å². The molecule has 0 fully saturated rings. The van der Waals surface area contributed by atoms with Crippen LogP contribution in [0.15, 0.2) is 24.3 Å². The lowest BCUT2D eigenvalue weighted by Gasteiger charge is -2.18. The second kappa shape index (κ2) is 9.07. The Kier molecular flexibility index (Phi) is 7.05. The maximum atomic E-state index is 12.6. The van der Waals surface area contributed by atoms with Crippen molar-refractivity contribution in [3.63, 3.8) is 0 Å². The number of aromatic nitrogens is 2. The van der Waals surface area contributed by atoms with Crippen LogP contribution in [0.3, 0.4) is 0 Å². The first-order valence-corrected chi connectivity index (χ1v) is 9.72. The Balaban J connectivity index is 1.94. The first-order chi connectivity index (χ1) is 12.7. The molecule has 1 aromatic heterocycles. The second-order valence-electron chi connectivity index (χ2n) is 8.04. The maximum Gasteiger partial charge on any atom is 0.222 e. The van der Waals surface area contributed by atoms with Gasteiger partial charge in [0.05, 0.1) is 5.69 Å². The van der Waals surface area contributed by atoms with Crippen LogP contribution in [0.5, 0.6) is 0 Å². The van der Waals surface area contributed by atoms with Gasteiger partial charge in [-0.15, -0.1) is 0 Å². The molecule has 0 atom stereocenters. The van der Waals surface area contributed by atoms with Gasteiger partial charge >= 0.3 is 0 Å². The van der Waals surface area contributed by atoms with E-state index < -0.39 is 0 Å². The molecule has 0 saturated carbocycles. The van der Waals surface area contributed by atoms with Crippen LogP contribution >= 0.6 is 0 Å². The predicted octanol–water partition coefficient (Wildman–Crippen LogP) is 3.81. The lowest BCUT2D eigenvalue weighted by Crippen LogP contribution is -2.26. The minimum absolute atomic E-state index is 0.169. The monoisotopic (exact) mass is 370 g/mol. The van der Waals surface area contributed by atoms with Gasteiger partial charge in [-0.3, -0.25) is 9.48 Å². The quantitative estimate of drug-likeness (QED) is 0.709. The highest BCUT2D eigenvalue weighted by atomic mass is 16.2. The average molecular weight is 371 g/mol. The molecule has 0 aliphatic carbocycles. The van der Waals surface area contributed by atoms with Crippen molar-refractivity contribution in [2.24, 2.45) is 5.92 Å². The summed E-state index contributed by atoms with van der Waals surface area (Å²) < 4.78 is 2.08. The Morgan fingerprint density at radius 1 is 1.11 bits per heavy atom. The van der Waals surface area contributed by atoms with Gasteiger partial charge in [-0.05, 0) is 49.4 Å². The lowest BCUT2D eigenvalue weighted by atomic mass is 10.1. The molecule has 27 heavy (non-hydrogen) atoms. The van der Waals surface area contributed by atoms with Crippen LogP contribution in [0, 0.1) is 19.8 Å². The Bertz CT molecular complexity index is 759. The topological polar surface area (TPSA) is 41.4 Å². The van der Waals surface area contributed by atoms with E-state index in [1.807, 2.05) is 33.0 Å². The number of benzene rings is 1. The molecule has 0 N–H and O–H groups in total. The fourth-order valence-corrected chi connectivity index (χ4v) is 3.30. The molecule has 0 radical (unpaired) electrons. The van der Waals surface area contributed by atoms with Crippen molar-refractivity contribution in [2.75, 3.05) is 26.0 Å². The van der Waals surface area contributed by atoms with Crippen LogP contribution in [0.2, 0.25) is 0 Å². The fourth-order valence-electron chi connectivity index (χ4n) is 3.30. The van der Waals surface area contributed by atoms with E-state index in [0.29, 0.717) is 18.9 Å². The molecular weight excluding hydrogens is 336 g/mol. The number of aryl methyl sites for hydroxylation is 1. The normalized spacial score (nSPS) is 11.1. The summed E-state index contributed by atoms with van der Waals surface area (Å²) in [6.45, 7) is 10.1. The highest BCUT2D eigenvalue weighted by Crippen LogP contribution is 2.18. The summed E-state index contributed by atoms with van der Waals surface area (Å²) in [5, 5.41) is 4.65. The van der Waals surface area contributed by atoms with Gasteiger partial charge in [-0.1, -0.05) is 26.0 Å². The average Bonchev–Trinajstić information content (AvgIpc) is 2.86. The smallest absolute Gasteiger partial charge is 0.222 e. The van der Waals surface area contributed by atoms with Crippen molar-refractivity contribution in [2.45, 2.75) is 53.6 Å². The van der Waals surface area contributed by atoms with Gasteiger partial charge in [0.25, 0.3) is 0 Å². The van der Waals surface area contributed by atoms with Crippen LogP contribution in [0.25, 0.3) is 0 Å². The van der Waals surface area contributed by atoms with Gasteiger partial charge in [0.1, 0.15) is 0 Å². The first-order valence-electron chi connectivity index (χ1n) is 9.72. The lowest BCUT2D eigenvalue weighted by molar-refractivity contribution is -0.130. The van der Waals surface area contributed by atoms with Gasteiger partial charge in [-0.25, -0.2) is 0 Å². The van der Waals surface area contributed by atoms with Crippen LogP contribution in [-0.4, -0.2) is 41.7 Å². The number of hydrogen-bond donors (Lipinski definition) is 0. The number of nitrogens with zero attached hydrogens (tertiary/aromatic N) is 4. The van der Waals surface area contributed by atoms with E-state index >= 15 is 0 Å². The highest BCUT2D eigenvalue weighted by Gasteiger charge is 2.15. The van der Waals surface area contributed by atoms with Crippen molar-refractivity contribution in [3.8, 4) is 0 Å². The van der Waals surface area contributed by atoms with Crippen LogP contribution in [-0.2, 0) is 24.3 Å². The van der Waals surface area contributed by atoms with Crippen molar-refractivity contribution >= 4 is 11.6 Å². The van der Waals surface area contributed by atoms with Crippen LogP contribution in [0.4, 0.5) is 5.69 Å². The Hall–Kier alpha value is -2.30. The molecule has 0 aliphatic rings. The van der Waals surface area contributed by atoms with Crippen molar-refractivity contribution in [3.05, 3.63) is 46.8 Å². The molecule has 5 heteroatoms. The van der Waals surface area contributed by atoms with Crippen LogP contribution in [0.1, 0.15) is 42.8 Å². The second-order valence-corrected chi connectivity index (χ2v) is 8.04. The zero-order valence-corrected chi connectivity index (χ0v) is 17.9. The van der Waals surface area contributed by atoms with E-state index in [4.69, 9.17) is 0 Å². The summed E-state index contributed by atoms with van der Waals surface area (Å²) in [7, 11) is 5.93. The molecule has 0 unspecified atom stereocenters. The molecule has 0 aliphatic heterocycles. The number of carbonyl (C=O) groups is 1. The third kappa shape index (κ3) is 5.59. The molecule has 1 aromatic carbocycles. The first kappa shape index (κ1) is 21.0. The summed E-state index contributed by atoms with van der Waals surface area (Å²) in [6.07, 6.45) is 1.26. The molecule has 1 heterocycles.